The van der Waals surface area contributed by atoms with Crippen molar-refractivity contribution < 1.29 is 0 Å². The summed E-state index contributed by atoms with van der Waals surface area (Å²) in [5, 5.41) is 8.28. The Morgan fingerprint density at radius 3 is 2.82 bits per heavy atom. The molecule has 3 nitrogen and oxygen atoms in total. The van der Waals surface area contributed by atoms with E-state index in [0.717, 1.165) is 19.8 Å². The Morgan fingerprint density at radius 2 is 2.24 bits per heavy atom. The molecule has 0 aliphatic rings. The molecule has 0 saturated carbocycles. The van der Waals surface area contributed by atoms with Gasteiger partial charge in [-0.1, -0.05) is 11.6 Å². The highest BCUT2D eigenvalue weighted by molar-refractivity contribution is 14.1. The molecule has 5 heteroatoms. The van der Waals surface area contributed by atoms with E-state index in [4.69, 9.17) is 11.6 Å². The first kappa shape index (κ1) is 12.7. The van der Waals surface area contributed by atoms with Crippen LogP contribution in [0.25, 0.3) is 0 Å². The van der Waals surface area contributed by atoms with E-state index in [2.05, 4.69) is 39.9 Å². The van der Waals surface area contributed by atoms with Crippen LogP contribution in [0.2, 0.25) is 5.02 Å². The fourth-order valence-corrected chi connectivity index (χ4v) is 2.50. The minimum absolute atomic E-state index is 0.182. The zero-order valence-electron chi connectivity index (χ0n) is 9.61. The molecule has 1 atom stereocenters. The summed E-state index contributed by atoms with van der Waals surface area (Å²) in [6, 6.07) is 6.16. The predicted molar refractivity (Wildman–Crippen MR) is 79.4 cm³/mol. The summed E-state index contributed by atoms with van der Waals surface area (Å²) in [5.74, 6) is 0. The Balaban J connectivity index is 2.15. The van der Waals surface area contributed by atoms with Crippen molar-refractivity contribution in [3.63, 3.8) is 0 Å². The molecule has 0 saturated heterocycles. The van der Waals surface area contributed by atoms with E-state index in [0.29, 0.717) is 0 Å². The van der Waals surface area contributed by atoms with E-state index >= 15 is 0 Å². The van der Waals surface area contributed by atoms with Crippen molar-refractivity contribution in [3.8, 4) is 0 Å². The molecule has 0 radical (unpaired) electrons. The molecule has 2 rings (SSSR count). The zero-order valence-corrected chi connectivity index (χ0v) is 12.5. The van der Waals surface area contributed by atoms with Gasteiger partial charge in [0.05, 0.1) is 22.9 Å². The van der Waals surface area contributed by atoms with Gasteiger partial charge in [-0.15, -0.1) is 0 Å². The maximum absolute atomic E-state index is 6.18. The lowest BCUT2D eigenvalue weighted by atomic mass is 10.2. The summed E-state index contributed by atoms with van der Waals surface area (Å²) in [7, 11) is 1.91. The van der Waals surface area contributed by atoms with Crippen molar-refractivity contribution in [3.05, 3.63) is 44.7 Å². The van der Waals surface area contributed by atoms with Crippen LogP contribution in [0.15, 0.2) is 30.6 Å². The molecule has 0 spiro atoms. The molecule has 0 aliphatic heterocycles. The molecule has 1 unspecified atom stereocenters. The second-order valence-corrected chi connectivity index (χ2v) is 5.59. The molecule has 1 aromatic heterocycles. The van der Waals surface area contributed by atoms with Gasteiger partial charge in [0, 0.05) is 22.4 Å². The van der Waals surface area contributed by atoms with Crippen LogP contribution in [0.4, 0.5) is 5.69 Å². The number of halogens is 2. The molecular formula is C12H13ClIN3. The molecule has 1 aromatic carbocycles. The molecule has 0 amide bonds. The van der Waals surface area contributed by atoms with Crippen molar-refractivity contribution in [1.29, 1.82) is 0 Å². The Hall–Kier alpha value is -0.750. The quantitative estimate of drug-likeness (QED) is 0.842. The van der Waals surface area contributed by atoms with Crippen LogP contribution in [-0.2, 0) is 7.05 Å². The summed E-state index contributed by atoms with van der Waals surface area (Å²) in [6.07, 6.45) is 3.86. The third-order valence-electron chi connectivity index (χ3n) is 2.53. The summed E-state index contributed by atoms with van der Waals surface area (Å²) in [4.78, 5) is 0. The van der Waals surface area contributed by atoms with Gasteiger partial charge in [0.25, 0.3) is 0 Å². The van der Waals surface area contributed by atoms with Gasteiger partial charge in [0.1, 0.15) is 0 Å². The number of nitrogens with zero attached hydrogens (tertiary/aromatic N) is 2. The number of hydrogen-bond acceptors (Lipinski definition) is 2. The van der Waals surface area contributed by atoms with E-state index in [1.54, 1.807) is 4.68 Å². The molecule has 0 aliphatic carbocycles. The van der Waals surface area contributed by atoms with E-state index in [1.165, 1.54) is 0 Å². The lowest BCUT2D eigenvalue weighted by molar-refractivity contribution is 0.765. The molecule has 90 valence electrons. The maximum Gasteiger partial charge on any atom is 0.0648 e. The van der Waals surface area contributed by atoms with Gasteiger partial charge in [-0.05, 0) is 47.7 Å². The van der Waals surface area contributed by atoms with Gasteiger partial charge in [0.2, 0.25) is 0 Å². The topological polar surface area (TPSA) is 29.9 Å². The van der Waals surface area contributed by atoms with Gasteiger partial charge in [-0.3, -0.25) is 4.68 Å². The molecule has 1 heterocycles. The number of aromatic nitrogens is 2. The Labute approximate surface area is 119 Å². The van der Waals surface area contributed by atoms with E-state index in [-0.39, 0.29) is 6.04 Å². The van der Waals surface area contributed by atoms with Gasteiger partial charge in [0.15, 0.2) is 0 Å². The fraction of sp³-hybridized carbons (Fsp3) is 0.250. The largest absolute Gasteiger partial charge is 0.377 e. The SMILES string of the molecule is CC(Nc1ccc(I)cc1Cl)c1cnn(C)c1. The van der Waals surface area contributed by atoms with Crippen molar-refractivity contribution in [2.24, 2.45) is 7.05 Å². The Kier molecular flexibility index (Phi) is 3.93. The lowest BCUT2D eigenvalue weighted by Crippen LogP contribution is -2.06. The highest BCUT2D eigenvalue weighted by Gasteiger charge is 2.09. The summed E-state index contributed by atoms with van der Waals surface area (Å²) in [5.41, 5.74) is 2.09. The molecule has 0 bridgehead atoms. The maximum atomic E-state index is 6.18. The number of nitrogens with one attached hydrogen (secondary N) is 1. The van der Waals surface area contributed by atoms with Crippen LogP contribution >= 0.6 is 34.2 Å². The summed E-state index contributed by atoms with van der Waals surface area (Å²) < 4.78 is 2.93. The normalized spacial score (nSPS) is 12.5. The third kappa shape index (κ3) is 3.13. The van der Waals surface area contributed by atoms with Gasteiger partial charge < -0.3 is 5.32 Å². The van der Waals surface area contributed by atoms with Crippen molar-refractivity contribution in [2.75, 3.05) is 5.32 Å². The van der Waals surface area contributed by atoms with Crippen LogP contribution in [0.3, 0.4) is 0 Å². The van der Waals surface area contributed by atoms with Crippen molar-refractivity contribution in [1.82, 2.24) is 9.78 Å². The summed E-state index contributed by atoms with van der Waals surface area (Å²) in [6.45, 7) is 2.09. The van der Waals surface area contributed by atoms with E-state index in [1.807, 2.05) is 37.6 Å². The Bertz CT molecular complexity index is 524. The van der Waals surface area contributed by atoms with Crippen molar-refractivity contribution in [2.45, 2.75) is 13.0 Å². The standard InChI is InChI=1S/C12H13ClIN3/c1-8(9-6-15-17(2)7-9)16-12-4-3-10(14)5-11(12)13/h3-8,16H,1-2H3. The minimum Gasteiger partial charge on any atom is -0.377 e. The van der Waals surface area contributed by atoms with E-state index in [9.17, 15) is 0 Å². The minimum atomic E-state index is 0.182. The second kappa shape index (κ2) is 5.27. The van der Waals surface area contributed by atoms with Crippen LogP contribution in [0, 0.1) is 3.57 Å². The van der Waals surface area contributed by atoms with Crippen LogP contribution in [0.1, 0.15) is 18.5 Å². The molecule has 1 N–H and O–H groups in total. The number of hydrogen-bond donors (Lipinski definition) is 1. The molecule has 0 fully saturated rings. The third-order valence-corrected chi connectivity index (χ3v) is 3.51. The van der Waals surface area contributed by atoms with Crippen LogP contribution in [-0.4, -0.2) is 9.78 Å². The first-order valence-electron chi connectivity index (χ1n) is 5.26. The smallest absolute Gasteiger partial charge is 0.0648 e. The predicted octanol–water partition coefficient (Wildman–Crippen LogP) is 3.85. The number of benzene rings is 1. The summed E-state index contributed by atoms with van der Waals surface area (Å²) >= 11 is 8.42. The first-order chi connectivity index (χ1) is 8.06. The van der Waals surface area contributed by atoms with Crippen molar-refractivity contribution >= 4 is 39.9 Å². The van der Waals surface area contributed by atoms with Gasteiger partial charge in [-0.2, -0.15) is 5.10 Å². The number of aryl methyl sites for hydroxylation is 1. The van der Waals surface area contributed by atoms with Gasteiger partial charge >= 0.3 is 0 Å². The molecule has 17 heavy (non-hydrogen) atoms. The van der Waals surface area contributed by atoms with Crippen LogP contribution in [0.5, 0.6) is 0 Å². The monoisotopic (exact) mass is 361 g/mol. The highest BCUT2D eigenvalue weighted by Crippen LogP contribution is 2.27. The average Bonchev–Trinajstić information content (AvgIpc) is 2.69. The molecule has 2 aromatic rings. The lowest BCUT2D eigenvalue weighted by Gasteiger charge is -2.15. The number of rotatable bonds is 3. The zero-order chi connectivity index (χ0) is 12.4. The average molecular weight is 362 g/mol. The Morgan fingerprint density at radius 1 is 1.47 bits per heavy atom. The number of anilines is 1. The first-order valence-corrected chi connectivity index (χ1v) is 6.72. The van der Waals surface area contributed by atoms with E-state index < -0.39 is 0 Å². The van der Waals surface area contributed by atoms with Crippen LogP contribution < -0.4 is 5.32 Å². The second-order valence-electron chi connectivity index (χ2n) is 3.94. The van der Waals surface area contributed by atoms with Gasteiger partial charge in [-0.25, -0.2) is 0 Å². The molecular weight excluding hydrogens is 349 g/mol. The fourth-order valence-electron chi connectivity index (χ4n) is 1.59. The highest BCUT2D eigenvalue weighted by atomic mass is 127.